The summed E-state index contributed by atoms with van der Waals surface area (Å²) in [7, 11) is 0. The number of amides is 1. The first-order chi connectivity index (χ1) is 12.6. The highest BCUT2D eigenvalue weighted by atomic mass is 19.1. The molecule has 1 aromatic heterocycles. The number of nitriles is 2. The van der Waals surface area contributed by atoms with E-state index in [1.807, 2.05) is 12.1 Å². The Kier molecular flexibility index (Phi) is 4.21. The van der Waals surface area contributed by atoms with Crippen LogP contribution in [-0.2, 0) is 4.79 Å². The second-order valence-corrected chi connectivity index (χ2v) is 7.18. The normalized spacial score (nSPS) is 32.0. The molecule has 1 unspecified atom stereocenters. The highest BCUT2D eigenvalue weighted by Crippen LogP contribution is 2.46. The first kappa shape index (κ1) is 16.7. The first-order valence-electron chi connectivity index (χ1n) is 8.78. The quantitative estimate of drug-likeness (QED) is 0.843. The van der Waals surface area contributed by atoms with E-state index in [1.54, 1.807) is 12.3 Å². The molecule has 5 atom stereocenters. The molecule has 8 heteroatoms. The summed E-state index contributed by atoms with van der Waals surface area (Å²) in [5.74, 6) is 1.61. The van der Waals surface area contributed by atoms with Gasteiger partial charge in [0.1, 0.15) is 24.1 Å². The number of carbonyl (C=O) groups excluding carboxylic acids is 1. The molecule has 0 bridgehead atoms. The zero-order chi connectivity index (χ0) is 18.3. The number of aromatic nitrogens is 1. The van der Waals surface area contributed by atoms with Gasteiger partial charge in [-0.1, -0.05) is 0 Å². The molecular weight excluding hydrogens is 335 g/mol. The van der Waals surface area contributed by atoms with E-state index in [9.17, 15) is 9.18 Å². The lowest BCUT2D eigenvalue weighted by Gasteiger charge is -2.22. The number of anilines is 1. The molecule has 3 heterocycles. The minimum Gasteiger partial charge on any atom is -0.356 e. The third-order valence-electron chi connectivity index (χ3n) is 5.60. The van der Waals surface area contributed by atoms with Crippen LogP contribution in [-0.4, -0.2) is 60.2 Å². The first-order valence-corrected chi connectivity index (χ1v) is 8.78. The molecule has 0 spiro atoms. The van der Waals surface area contributed by atoms with Crippen LogP contribution in [0.5, 0.6) is 0 Å². The number of rotatable bonds is 4. The number of hydrogen-bond donors (Lipinski definition) is 1. The smallest absolute Gasteiger partial charge is 0.237 e. The van der Waals surface area contributed by atoms with Crippen LogP contribution in [0.25, 0.3) is 0 Å². The van der Waals surface area contributed by atoms with Gasteiger partial charge >= 0.3 is 0 Å². The van der Waals surface area contributed by atoms with Crippen LogP contribution in [0.3, 0.4) is 0 Å². The van der Waals surface area contributed by atoms with Gasteiger partial charge in [-0.15, -0.1) is 0 Å². The van der Waals surface area contributed by atoms with Crippen molar-refractivity contribution < 1.29 is 9.18 Å². The fraction of sp³-hybridized carbons (Fsp3) is 0.556. The third-order valence-corrected chi connectivity index (χ3v) is 5.60. The number of piperidine rings is 1. The summed E-state index contributed by atoms with van der Waals surface area (Å²) >= 11 is 0. The number of hydrogen-bond acceptors (Lipinski definition) is 6. The van der Waals surface area contributed by atoms with Gasteiger partial charge in [0.05, 0.1) is 24.7 Å². The predicted octanol–water partition coefficient (Wildman–Crippen LogP) is 0.440. The summed E-state index contributed by atoms with van der Waals surface area (Å²) in [4.78, 5) is 20.1. The van der Waals surface area contributed by atoms with Gasteiger partial charge in [0.2, 0.25) is 5.91 Å². The van der Waals surface area contributed by atoms with Gasteiger partial charge in [0.15, 0.2) is 0 Å². The summed E-state index contributed by atoms with van der Waals surface area (Å²) in [6.07, 6.45) is 0.592. The second kappa shape index (κ2) is 6.54. The number of carbonyl (C=O) groups is 1. The summed E-state index contributed by atoms with van der Waals surface area (Å²) in [5, 5.41) is 21.1. The van der Waals surface area contributed by atoms with Crippen molar-refractivity contribution >= 4 is 11.7 Å². The molecule has 0 radical (unpaired) electrons. The highest BCUT2D eigenvalue weighted by molar-refractivity contribution is 5.79. The Labute approximate surface area is 151 Å². The van der Waals surface area contributed by atoms with Gasteiger partial charge in [-0.05, 0) is 24.0 Å². The number of fused-ring (bicyclic) bond motifs is 1. The van der Waals surface area contributed by atoms with Crippen molar-refractivity contribution in [3.63, 3.8) is 0 Å². The van der Waals surface area contributed by atoms with Gasteiger partial charge in [-0.3, -0.25) is 4.79 Å². The molecular formula is C18H19FN6O. The largest absolute Gasteiger partial charge is 0.356 e. The fourth-order valence-corrected chi connectivity index (χ4v) is 4.14. The molecule has 1 aromatic rings. The molecule has 3 aliphatic rings. The molecule has 1 N–H and O–H groups in total. The lowest BCUT2D eigenvalue weighted by molar-refractivity contribution is -0.130. The maximum atomic E-state index is 13.4. The van der Waals surface area contributed by atoms with Crippen LogP contribution in [0.1, 0.15) is 12.0 Å². The van der Waals surface area contributed by atoms with Crippen molar-refractivity contribution in [1.29, 1.82) is 10.5 Å². The zero-order valence-electron chi connectivity index (χ0n) is 14.2. The van der Waals surface area contributed by atoms with Crippen molar-refractivity contribution in [2.24, 2.45) is 11.8 Å². The Morgan fingerprint density at radius 2 is 2.08 bits per heavy atom. The van der Waals surface area contributed by atoms with Crippen molar-refractivity contribution in [3.8, 4) is 12.1 Å². The van der Waals surface area contributed by atoms with Gasteiger partial charge in [0, 0.05) is 31.7 Å². The number of halogens is 1. The number of nitrogens with one attached hydrogen (secondary N) is 1. The van der Waals surface area contributed by atoms with Crippen LogP contribution >= 0.6 is 0 Å². The van der Waals surface area contributed by atoms with Crippen LogP contribution < -0.4 is 10.2 Å². The Morgan fingerprint density at radius 1 is 1.31 bits per heavy atom. The van der Waals surface area contributed by atoms with Gasteiger partial charge < -0.3 is 15.1 Å². The van der Waals surface area contributed by atoms with E-state index in [0.717, 1.165) is 18.9 Å². The third kappa shape index (κ3) is 2.97. The predicted molar refractivity (Wildman–Crippen MR) is 90.6 cm³/mol. The summed E-state index contributed by atoms with van der Waals surface area (Å²) < 4.78 is 13.4. The SMILES string of the molecule is N#Cc1ccc(N2C[C@@H]3C(NCC(=O)N4C[C@@H](F)C[C@H]4C#N)[C@@H]3C2)nc1. The van der Waals surface area contributed by atoms with Crippen molar-refractivity contribution in [2.75, 3.05) is 31.1 Å². The van der Waals surface area contributed by atoms with Gasteiger partial charge in [-0.25, -0.2) is 9.37 Å². The van der Waals surface area contributed by atoms with E-state index in [2.05, 4.69) is 21.3 Å². The maximum Gasteiger partial charge on any atom is 0.237 e. The maximum absolute atomic E-state index is 13.4. The standard InChI is InChI=1S/C18H19FN6O/c19-12-3-13(5-21)25(8-12)17(26)7-23-18-14-9-24(10-15(14)18)16-2-1-11(4-20)6-22-16/h1-2,6,12-15,18,23H,3,7-10H2/t12-,13-,14-,15+,18?/m0/s1. The molecule has 0 aromatic carbocycles. The Bertz CT molecular complexity index is 772. The lowest BCUT2D eigenvalue weighted by atomic mass is 10.2. The minimum atomic E-state index is -1.10. The van der Waals surface area contributed by atoms with E-state index in [1.165, 1.54) is 4.90 Å². The Morgan fingerprint density at radius 3 is 2.69 bits per heavy atom. The molecule has 1 saturated carbocycles. The molecule has 134 valence electrons. The average molecular weight is 354 g/mol. The van der Waals surface area contributed by atoms with Crippen LogP contribution in [0.2, 0.25) is 0 Å². The molecule has 7 nitrogen and oxygen atoms in total. The van der Waals surface area contributed by atoms with Gasteiger partial charge in [0.25, 0.3) is 0 Å². The van der Waals surface area contributed by atoms with Crippen molar-refractivity contribution in [1.82, 2.24) is 15.2 Å². The zero-order valence-corrected chi connectivity index (χ0v) is 14.2. The van der Waals surface area contributed by atoms with E-state index in [-0.39, 0.29) is 31.5 Å². The minimum absolute atomic E-state index is 0.0222. The van der Waals surface area contributed by atoms with E-state index in [4.69, 9.17) is 10.5 Å². The fourth-order valence-electron chi connectivity index (χ4n) is 4.14. The van der Waals surface area contributed by atoms with E-state index < -0.39 is 12.2 Å². The molecule has 26 heavy (non-hydrogen) atoms. The number of alkyl halides is 1. The number of likely N-dealkylation sites (tertiary alicyclic amines) is 1. The Balaban J connectivity index is 1.25. The summed E-state index contributed by atoms with van der Waals surface area (Å²) in [5.41, 5.74) is 0.546. The van der Waals surface area contributed by atoms with Crippen molar-refractivity contribution in [2.45, 2.75) is 24.7 Å². The molecule has 3 fully saturated rings. The molecule has 1 amide bonds. The molecule has 4 rings (SSSR count). The number of pyridine rings is 1. The topological polar surface area (TPSA) is 96.0 Å². The van der Waals surface area contributed by atoms with Gasteiger partial charge in [-0.2, -0.15) is 10.5 Å². The molecule has 2 aliphatic heterocycles. The highest BCUT2D eigenvalue weighted by Gasteiger charge is 2.56. The monoisotopic (exact) mass is 354 g/mol. The van der Waals surface area contributed by atoms with Crippen LogP contribution in [0.4, 0.5) is 10.2 Å². The van der Waals surface area contributed by atoms with Crippen molar-refractivity contribution in [3.05, 3.63) is 23.9 Å². The molecule has 2 saturated heterocycles. The average Bonchev–Trinajstić information content (AvgIpc) is 3.00. The van der Waals surface area contributed by atoms with E-state index >= 15 is 0 Å². The van der Waals surface area contributed by atoms with E-state index in [0.29, 0.717) is 17.4 Å². The number of nitrogens with zero attached hydrogens (tertiary/aromatic N) is 5. The second-order valence-electron chi connectivity index (χ2n) is 7.18. The Hall–Kier alpha value is -2.71. The lowest BCUT2D eigenvalue weighted by Crippen LogP contribution is -2.43. The van der Waals surface area contributed by atoms with Crippen LogP contribution in [0, 0.1) is 34.5 Å². The summed E-state index contributed by atoms with van der Waals surface area (Å²) in [6.45, 7) is 1.91. The summed E-state index contributed by atoms with van der Waals surface area (Å²) in [6, 6.07) is 7.33. The van der Waals surface area contributed by atoms with Crippen LogP contribution in [0.15, 0.2) is 18.3 Å². The molecule has 1 aliphatic carbocycles.